The standard InChI is InChI=1S/C13H12N4O2/c1-17(13(18)19)8-9-5-11(16-7-9)10-3-2-4-15-12(10)6-14/h2-5,7,16H,8H2,1H3,(H,18,19). The van der Waals surface area contributed by atoms with Crippen molar-refractivity contribution in [2.24, 2.45) is 0 Å². The summed E-state index contributed by atoms with van der Waals surface area (Å²) in [6.45, 7) is 0.286. The van der Waals surface area contributed by atoms with Crippen LogP contribution in [0.2, 0.25) is 0 Å². The fourth-order valence-electron chi connectivity index (χ4n) is 1.74. The number of hydrogen-bond acceptors (Lipinski definition) is 3. The fraction of sp³-hybridized carbons (Fsp3) is 0.154. The largest absolute Gasteiger partial charge is 0.465 e. The molecule has 0 radical (unpaired) electrons. The van der Waals surface area contributed by atoms with Gasteiger partial charge in [0.2, 0.25) is 0 Å². The third-order valence-electron chi connectivity index (χ3n) is 2.69. The molecule has 0 saturated heterocycles. The topological polar surface area (TPSA) is 93.0 Å². The Morgan fingerprint density at radius 1 is 1.63 bits per heavy atom. The highest BCUT2D eigenvalue weighted by molar-refractivity contribution is 5.67. The molecule has 0 bridgehead atoms. The molecule has 2 aromatic rings. The van der Waals surface area contributed by atoms with Gasteiger partial charge in [-0.3, -0.25) is 0 Å². The van der Waals surface area contributed by atoms with Gasteiger partial charge >= 0.3 is 6.09 Å². The Morgan fingerprint density at radius 2 is 2.42 bits per heavy atom. The maximum absolute atomic E-state index is 10.7. The Kier molecular flexibility index (Phi) is 3.48. The zero-order valence-corrected chi connectivity index (χ0v) is 10.3. The third-order valence-corrected chi connectivity index (χ3v) is 2.69. The van der Waals surface area contributed by atoms with Crippen LogP contribution in [0.4, 0.5) is 4.79 Å². The lowest BCUT2D eigenvalue weighted by Gasteiger charge is -2.10. The van der Waals surface area contributed by atoms with Crippen molar-refractivity contribution in [2.45, 2.75) is 6.54 Å². The van der Waals surface area contributed by atoms with Gasteiger partial charge in [0.25, 0.3) is 0 Å². The summed E-state index contributed by atoms with van der Waals surface area (Å²) < 4.78 is 0. The van der Waals surface area contributed by atoms with Crippen molar-refractivity contribution in [1.29, 1.82) is 5.26 Å². The minimum absolute atomic E-state index is 0.286. The molecular weight excluding hydrogens is 244 g/mol. The number of rotatable bonds is 3. The van der Waals surface area contributed by atoms with Crippen molar-refractivity contribution in [2.75, 3.05) is 7.05 Å². The van der Waals surface area contributed by atoms with Crippen molar-refractivity contribution in [3.8, 4) is 17.3 Å². The van der Waals surface area contributed by atoms with Gasteiger partial charge in [0.05, 0.1) is 6.54 Å². The van der Waals surface area contributed by atoms with Crippen molar-refractivity contribution in [3.63, 3.8) is 0 Å². The van der Waals surface area contributed by atoms with E-state index in [0.29, 0.717) is 11.3 Å². The highest BCUT2D eigenvalue weighted by atomic mass is 16.4. The maximum atomic E-state index is 10.7. The number of nitrogens with zero attached hydrogens (tertiary/aromatic N) is 3. The Hall–Kier alpha value is -2.81. The monoisotopic (exact) mass is 256 g/mol. The van der Waals surface area contributed by atoms with Crippen LogP contribution < -0.4 is 0 Å². The molecule has 0 spiro atoms. The average molecular weight is 256 g/mol. The number of nitrogens with one attached hydrogen (secondary N) is 1. The van der Waals surface area contributed by atoms with E-state index in [0.717, 1.165) is 11.3 Å². The van der Waals surface area contributed by atoms with Crippen LogP contribution in [0.15, 0.2) is 30.6 Å². The molecule has 0 unspecified atom stereocenters. The van der Waals surface area contributed by atoms with Gasteiger partial charge in [0.1, 0.15) is 11.8 Å². The second-order valence-corrected chi connectivity index (χ2v) is 4.07. The van der Waals surface area contributed by atoms with E-state index in [1.807, 2.05) is 12.1 Å². The zero-order chi connectivity index (χ0) is 13.8. The molecule has 0 aromatic carbocycles. The van der Waals surface area contributed by atoms with Crippen LogP contribution in [0.25, 0.3) is 11.3 Å². The summed E-state index contributed by atoms with van der Waals surface area (Å²) in [5.41, 5.74) is 2.61. The molecule has 0 aliphatic heterocycles. The van der Waals surface area contributed by atoms with Gasteiger partial charge < -0.3 is 15.0 Å². The molecule has 0 aliphatic carbocycles. The Balaban J connectivity index is 2.26. The summed E-state index contributed by atoms with van der Waals surface area (Å²) in [5, 5.41) is 17.8. The van der Waals surface area contributed by atoms with Crippen molar-refractivity contribution in [3.05, 3.63) is 41.9 Å². The summed E-state index contributed by atoms with van der Waals surface area (Å²) in [6, 6.07) is 7.39. The molecule has 2 heterocycles. The van der Waals surface area contributed by atoms with Crippen LogP contribution in [0, 0.1) is 11.3 Å². The lowest BCUT2D eigenvalue weighted by atomic mass is 10.1. The normalized spacial score (nSPS) is 9.89. The van der Waals surface area contributed by atoms with Gasteiger partial charge in [-0.25, -0.2) is 9.78 Å². The molecule has 2 N–H and O–H groups in total. The Labute approximate surface area is 109 Å². The van der Waals surface area contributed by atoms with Crippen LogP contribution in [-0.4, -0.2) is 33.1 Å². The summed E-state index contributed by atoms with van der Waals surface area (Å²) >= 11 is 0. The first-order valence-electron chi connectivity index (χ1n) is 5.58. The first-order valence-corrected chi connectivity index (χ1v) is 5.58. The molecule has 0 aliphatic rings. The van der Waals surface area contributed by atoms with E-state index in [9.17, 15) is 4.79 Å². The van der Waals surface area contributed by atoms with Gasteiger partial charge in [0.15, 0.2) is 0 Å². The number of nitriles is 1. The molecule has 0 atom stereocenters. The van der Waals surface area contributed by atoms with Gasteiger partial charge in [0, 0.05) is 30.7 Å². The molecular formula is C13H12N4O2. The average Bonchev–Trinajstić information content (AvgIpc) is 2.86. The highest BCUT2D eigenvalue weighted by Crippen LogP contribution is 2.21. The van der Waals surface area contributed by atoms with Crippen molar-refractivity contribution in [1.82, 2.24) is 14.9 Å². The predicted octanol–water partition coefficient (Wildman–Crippen LogP) is 2.06. The number of hydrogen-bond donors (Lipinski definition) is 2. The molecule has 6 nitrogen and oxygen atoms in total. The molecule has 2 rings (SSSR count). The zero-order valence-electron chi connectivity index (χ0n) is 10.3. The molecule has 1 amide bonds. The smallest absolute Gasteiger partial charge is 0.407 e. The Bertz CT molecular complexity index is 642. The van der Waals surface area contributed by atoms with Gasteiger partial charge in [-0.2, -0.15) is 5.26 Å². The number of aromatic nitrogens is 2. The van der Waals surface area contributed by atoms with E-state index in [-0.39, 0.29) is 6.54 Å². The molecule has 0 saturated carbocycles. The summed E-state index contributed by atoms with van der Waals surface area (Å²) in [5.74, 6) is 0. The van der Waals surface area contributed by atoms with Crippen LogP contribution >= 0.6 is 0 Å². The minimum atomic E-state index is -0.984. The van der Waals surface area contributed by atoms with Crippen LogP contribution in [0.1, 0.15) is 11.3 Å². The number of pyridine rings is 1. The first-order chi connectivity index (χ1) is 9.11. The number of aromatic amines is 1. The van der Waals surface area contributed by atoms with Crippen LogP contribution in [-0.2, 0) is 6.54 Å². The fourth-order valence-corrected chi connectivity index (χ4v) is 1.74. The van der Waals surface area contributed by atoms with E-state index in [1.165, 1.54) is 11.9 Å². The van der Waals surface area contributed by atoms with E-state index < -0.39 is 6.09 Å². The number of H-pyrrole nitrogens is 1. The third kappa shape index (κ3) is 2.72. The van der Waals surface area contributed by atoms with E-state index in [2.05, 4.69) is 9.97 Å². The highest BCUT2D eigenvalue weighted by Gasteiger charge is 2.10. The number of carboxylic acid groups (broad SMARTS) is 1. The van der Waals surface area contributed by atoms with Crippen molar-refractivity contribution >= 4 is 6.09 Å². The summed E-state index contributed by atoms with van der Waals surface area (Å²) in [7, 11) is 1.50. The minimum Gasteiger partial charge on any atom is -0.465 e. The SMILES string of the molecule is CN(Cc1c[nH]c(-c2cccnc2C#N)c1)C(=O)O. The van der Waals surface area contributed by atoms with Crippen LogP contribution in [0.3, 0.4) is 0 Å². The second kappa shape index (κ2) is 5.23. The quantitative estimate of drug-likeness (QED) is 0.878. The number of amides is 1. The van der Waals surface area contributed by atoms with E-state index >= 15 is 0 Å². The van der Waals surface area contributed by atoms with Crippen molar-refractivity contribution < 1.29 is 9.90 Å². The molecule has 2 aromatic heterocycles. The first kappa shape index (κ1) is 12.6. The predicted molar refractivity (Wildman–Crippen MR) is 68.2 cm³/mol. The lowest BCUT2D eigenvalue weighted by molar-refractivity contribution is 0.154. The second-order valence-electron chi connectivity index (χ2n) is 4.07. The summed E-state index contributed by atoms with van der Waals surface area (Å²) in [4.78, 5) is 18.9. The number of carbonyl (C=O) groups is 1. The van der Waals surface area contributed by atoms with Gasteiger partial charge in [-0.05, 0) is 23.8 Å². The lowest BCUT2D eigenvalue weighted by Crippen LogP contribution is -2.23. The molecule has 96 valence electrons. The molecule has 19 heavy (non-hydrogen) atoms. The van der Waals surface area contributed by atoms with E-state index in [1.54, 1.807) is 24.5 Å². The summed E-state index contributed by atoms with van der Waals surface area (Å²) in [6.07, 6.45) is 2.30. The van der Waals surface area contributed by atoms with Crippen LogP contribution in [0.5, 0.6) is 0 Å². The Morgan fingerprint density at radius 3 is 3.11 bits per heavy atom. The molecule has 6 heteroatoms. The van der Waals surface area contributed by atoms with Gasteiger partial charge in [-0.15, -0.1) is 0 Å². The molecule has 0 fully saturated rings. The maximum Gasteiger partial charge on any atom is 0.407 e. The van der Waals surface area contributed by atoms with E-state index in [4.69, 9.17) is 10.4 Å². The van der Waals surface area contributed by atoms with Gasteiger partial charge in [-0.1, -0.05) is 0 Å².